The molecule has 0 radical (unpaired) electrons. The third-order valence-electron chi connectivity index (χ3n) is 5.12. The van der Waals surface area contributed by atoms with Gasteiger partial charge in [-0.3, -0.25) is 14.9 Å². The lowest BCUT2D eigenvalue weighted by molar-refractivity contribution is -0.384. The first kappa shape index (κ1) is 21.4. The first-order valence-electron chi connectivity index (χ1n) is 10.4. The van der Waals surface area contributed by atoms with E-state index < -0.39 is 4.92 Å². The average molecular weight is 471 g/mol. The third kappa shape index (κ3) is 4.52. The van der Waals surface area contributed by atoms with Gasteiger partial charge in [-0.25, -0.2) is 14.6 Å². The van der Waals surface area contributed by atoms with E-state index in [1.807, 2.05) is 36.4 Å². The number of anilines is 1. The van der Waals surface area contributed by atoms with Crippen molar-refractivity contribution in [2.24, 2.45) is 0 Å². The number of aromatic nitrogens is 4. The molecule has 2 aromatic heterocycles. The van der Waals surface area contributed by atoms with Crippen molar-refractivity contribution < 1.29 is 9.72 Å². The number of carbonyl (C=O) groups excluding carboxylic acids is 1. The number of carbonyl (C=O) groups is 1. The van der Waals surface area contributed by atoms with Crippen molar-refractivity contribution in [2.75, 3.05) is 5.32 Å². The molecule has 9 nitrogen and oxygen atoms in total. The molecule has 1 amide bonds. The van der Waals surface area contributed by atoms with Gasteiger partial charge < -0.3 is 5.32 Å². The Morgan fingerprint density at radius 1 is 1.09 bits per heavy atom. The molecule has 1 N–H and O–H groups in total. The first-order valence-corrected chi connectivity index (χ1v) is 11.2. The largest absolute Gasteiger partial charge is 0.324 e. The van der Waals surface area contributed by atoms with Crippen LogP contribution in [0.15, 0.2) is 73.1 Å². The molecule has 0 aliphatic heterocycles. The van der Waals surface area contributed by atoms with Crippen LogP contribution in [0, 0.1) is 17.0 Å². The van der Waals surface area contributed by atoms with E-state index in [1.165, 1.54) is 28.7 Å². The van der Waals surface area contributed by atoms with Crippen molar-refractivity contribution in [1.82, 2.24) is 19.7 Å². The summed E-state index contributed by atoms with van der Waals surface area (Å²) in [6, 6.07) is 19.8. The maximum atomic E-state index is 12.5. The van der Waals surface area contributed by atoms with Crippen LogP contribution < -0.4 is 5.32 Å². The number of amides is 1. The van der Waals surface area contributed by atoms with Crippen molar-refractivity contribution >= 4 is 38.8 Å². The van der Waals surface area contributed by atoms with Gasteiger partial charge >= 0.3 is 0 Å². The summed E-state index contributed by atoms with van der Waals surface area (Å²) in [6.45, 7) is 2.02. The molecule has 0 saturated heterocycles. The van der Waals surface area contributed by atoms with Crippen molar-refractivity contribution in [2.45, 2.75) is 13.5 Å². The number of fused-ring (bicyclic) bond motifs is 1. The molecule has 0 aliphatic rings. The molecule has 0 saturated carbocycles. The zero-order valence-electron chi connectivity index (χ0n) is 18.0. The molecular formula is C24H18N6O3S. The second kappa shape index (κ2) is 8.83. The van der Waals surface area contributed by atoms with Crippen LogP contribution in [0.1, 0.15) is 5.56 Å². The quantitative estimate of drug-likeness (QED) is 0.273. The van der Waals surface area contributed by atoms with Gasteiger partial charge in [0.15, 0.2) is 5.82 Å². The lowest BCUT2D eigenvalue weighted by Gasteiger charge is -2.06. The molecule has 3 aromatic carbocycles. The van der Waals surface area contributed by atoms with Gasteiger partial charge in [0, 0.05) is 28.9 Å². The van der Waals surface area contributed by atoms with Crippen molar-refractivity contribution in [3.05, 3.63) is 88.7 Å². The zero-order valence-corrected chi connectivity index (χ0v) is 18.8. The summed E-state index contributed by atoms with van der Waals surface area (Å²) in [5.74, 6) is 0.0468. The standard InChI is InChI=1S/C24H18N6O3S/c1-15-5-10-20-21(11-15)34-24(27-20)16-6-8-18(9-7-16)26-22(31)13-29-14-25-23(28-29)17-3-2-4-19(12-17)30(32)33/h2-12,14H,13H2,1H3,(H,26,31). The molecule has 0 unspecified atom stereocenters. The monoisotopic (exact) mass is 470 g/mol. The number of aryl methyl sites for hydroxylation is 1. The maximum absolute atomic E-state index is 12.5. The number of nitro benzene ring substituents is 1. The highest BCUT2D eigenvalue weighted by atomic mass is 32.1. The number of non-ortho nitro benzene ring substituents is 1. The third-order valence-corrected chi connectivity index (χ3v) is 6.18. The summed E-state index contributed by atoms with van der Waals surface area (Å²) in [4.78, 5) is 31.8. The van der Waals surface area contributed by atoms with E-state index in [1.54, 1.807) is 23.5 Å². The Hall–Kier alpha value is -4.44. The Kier molecular flexibility index (Phi) is 5.56. The van der Waals surface area contributed by atoms with Crippen molar-refractivity contribution in [3.63, 3.8) is 0 Å². The summed E-state index contributed by atoms with van der Waals surface area (Å²) >= 11 is 1.63. The zero-order chi connectivity index (χ0) is 23.7. The molecule has 0 atom stereocenters. The predicted octanol–water partition coefficient (Wildman–Crippen LogP) is 5.08. The van der Waals surface area contributed by atoms with Gasteiger partial charge in [0.1, 0.15) is 17.9 Å². The SMILES string of the molecule is Cc1ccc2nc(-c3ccc(NC(=O)Cn4cnc(-c5cccc([N+](=O)[O-])c5)n4)cc3)sc2c1. The Morgan fingerprint density at radius 2 is 1.91 bits per heavy atom. The Morgan fingerprint density at radius 3 is 2.71 bits per heavy atom. The molecule has 0 bridgehead atoms. The van der Waals surface area contributed by atoms with E-state index in [4.69, 9.17) is 0 Å². The van der Waals surface area contributed by atoms with Gasteiger partial charge in [0.25, 0.3) is 5.69 Å². The van der Waals surface area contributed by atoms with Crippen LogP contribution in [0.4, 0.5) is 11.4 Å². The van der Waals surface area contributed by atoms with Crippen LogP contribution in [-0.4, -0.2) is 30.6 Å². The van der Waals surface area contributed by atoms with Crippen LogP contribution >= 0.6 is 11.3 Å². The maximum Gasteiger partial charge on any atom is 0.270 e. The minimum atomic E-state index is -0.475. The van der Waals surface area contributed by atoms with Crippen LogP contribution in [-0.2, 0) is 11.3 Å². The fourth-order valence-corrected chi connectivity index (χ4v) is 4.53. The Balaban J connectivity index is 1.24. The molecule has 0 aliphatic carbocycles. The van der Waals surface area contributed by atoms with Crippen LogP contribution in [0.2, 0.25) is 0 Å². The van der Waals surface area contributed by atoms with Crippen LogP contribution in [0.3, 0.4) is 0 Å². The predicted molar refractivity (Wildman–Crippen MR) is 131 cm³/mol. The summed E-state index contributed by atoms with van der Waals surface area (Å²) in [7, 11) is 0. The van der Waals surface area contributed by atoms with Crippen molar-refractivity contribution in [1.29, 1.82) is 0 Å². The number of hydrogen-bond acceptors (Lipinski definition) is 7. The smallest absolute Gasteiger partial charge is 0.270 e. The Labute approximate surface area is 197 Å². The molecule has 168 valence electrons. The molecule has 0 spiro atoms. The summed E-state index contributed by atoms with van der Waals surface area (Å²) < 4.78 is 2.53. The van der Waals surface area contributed by atoms with E-state index in [0.29, 0.717) is 17.1 Å². The van der Waals surface area contributed by atoms with Crippen LogP contribution in [0.5, 0.6) is 0 Å². The van der Waals surface area contributed by atoms with E-state index >= 15 is 0 Å². The molecule has 5 aromatic rings. The molecule has 34 heavy (non-hydrogen) atoms. The van der Waals surface area contributed by atoms with Crippen LogP contribution in [0.25, 0.3) is 32.2 Å². The van der Waals surface area contributed by atoms with E-state index in [2.05, 4.69) is 33.4 Å². The highest BCUT2D eigenvalue weighted by Crippen LogP contribution is 2.31. The Bertz CT molecular complexity index is 1520. The number of nitrogens with one attached hydrogen (secondary N) is 1. The fourth-order valence-electron chi connectivity index (χ4n) is 3.46. The normalized spacial score (nSPS) is 11.0. The highest BCUT2D eigenvalue weighted by Gasteiger charge is 2.12. The lowest BCUT2D eigenvalue weighted by atomic mass is 10.2. The number of nitro groups is 1. The van der Waals surface area contributed by atoms with Gasteiger partial charge in [0.05, 0.1) is 15.1 Å². The number of nitrogens with zero attached hydrogens (tertiary/aromatic N) is 5. The fraction of sp³-hybridized carbons (Fsp3) is 0.0833. The van der Waals surface area contributed by atoms with Crippen molar-refractivity contribution in [3.8, 4) is 22.0 Å². The summed E-state index contributed by atoms with van der Waals surface area (Å²) in [5, 5.41) is 19.0. The molecule has 5 rings (SSSR count). The summed E-state index contributed by atoms with van der Waals surface area (Å²) in [6.07, 6.45) is 1.42. The second-order valence-electron chi connectivity index (χ2n) is 7.69. The van der Waals surface area contributed by atoms with Gasteiger partial charge in [0.2, 0.25) is 5.91 Å². The van der Waals surface area contributed by atoms with E-state index in [9.17, 15) is 14.9 Å². The number of benzene rings is 3. The van der Waals surface area contributed by atoms with Gasteiger partial charge in [-0.1, -0.05) is 18.2 Å². The topological polar surface area (TPSA) is 116 Å². The average Bonchev–Trinajstić information content (AvgIpc) is 3.46. The molecule has 10 heteroatoms. The highest BCUT2D eigenvalue weighted by molar-refractivity contribution is 7.21. The lowest BCUT2D eigenvalue weighted by Crippen LogP contribution is -2.19. The minimum Gasteiger partial charge on any atom is -0.324 e. The summed E-state index contributed by atoms with van der Waals surface area (Å²) in [5.41, 5.74) is 4.27. The van der Waals surface area contributed by atoms with E-state index in [-0.39, 0.29) is 18.1 Å². The second-order valence-corrected chi connectivity index (χ2v) is 8.72. The minimum absolute atomic E-state index is 0.0408. The number of rotatable bonds is 6. The molecular weight excluding hydrogens is 452 g/mol. The number of thiazole rings is 1. The van der Waals surface area contributed by atoms with Gasteiger partial charge in [-0.2, -0.15) is 5.10 Å². The van der Waals surface area contributed by atoms with Gasteiger partial charge in [-0.15, -0.1) is 11.3 Å². The first-order chi connectivity index (χ1) is 16.4. The molecule has 2 heterocycles. The molecule has 0 fully saturated rings. The number of hydrogen-bond donors (Lipinski definition) is 1. The van der Waals surface area contributed by atoms with Gasteiger partial charge in [-0.05, 0) is 48.9 Å². The van der Waals surface area contributed by atoms with E-state index in [0.717, 1.165) is 20.8 Å².